The Hall–Kier alpha value is -11.3. The molecule has 0 aliphatic rings. The molecule has 0 spiro atoms. The molecule has 0 atom stereocenters. The third-order valence-electron chi connectivity index (χ3n) is 19.6. The van der Waals surface area contributed by atoms with Gasteiger partial charge in [0.25, 0.3) is 0 Å². The molecule has 0 saturated carbocycles. The standard InChI is InChI=1S/C94H72Br2N4/c1-61-7-19-67(20-8-61)71-27-43-79(44-28-71)99(80-45-29-72(30-46-80)68-21-9-62(2)10-22-68)91-59-89(97(77-39-15-65(5)16-40-77)83-51-35-75(95)36-52-83)85-56-58-88-92(60-90(86-55-57-87(91)93(85)94(86)88)98(78-41-17-66(6)18-42-78)84-53-37-76(96)38-54-84)100(81-47-31-73(32-48-81)69-23-11-63(3)12-24-69)82-49-33-74(34-50-82)70-25-13-64(4)14-26-70/h7-60H,1-6H3. The van der Waals surface area contributed by atoms with Crippen molar-refractivity contribution in [1.29, 1.82) is 0 Å². The summed E-state index contributed by atoms with van der Waals surface area (Å²) in [5, 5.41) is 6.70. The molecule has 482 valence electrons. The van der Waals surface area contributed by atoms with Gasteiger partial charge in [0.05, 0.1) is 22.7 Å². The molecule has 0 unspecified atom stereocenters. The quantitative estimate of drug-likeness (QED) is 0.0894. The summed E-state index contributed by atoms with van der Waals surface area (Å²) in [6.45, 7) is 12.9. The van der Waals surface area contributed by atoms with E-state index in [1.165, 1.54) is 55.6 Å². The first-order valence-electron chi connectivity index (χ1n) is 34.1. The Labute approximate surface area is 603 Å². The fourth-order valence-corrected chi connectivity index (χ4v) is 14.7. The Balaban J connectivity index is 1.04. The van der Waals surface area contributed by atoms with E-state index in [0.717, 1.165) is 132 Å². The summed E-state index contributed by atoms with van der Waals surface area (Å²) >= 11 is 7.68. The fraction of sp³-hybridized carbons (Fsp3) is 0.0638. The number of halogens is 2. The van der Waals surface area contributed by atoms with Gasteiger partial charge in [-0.2, -0.15) is 0 Å². The minimum Gasteiger partial charge on any atom is -0.310 e. The molecule has 0 amide bonds. The van der Waals surface area contributed by atoms with Crippen LogP contribution in [0.5, 0.6) is 0 Å². The Bertz CT molecular complexity index is 4960. The van der Waals surface area contributed by atoms with Crippen LogP contribution in [0, 0.1) is 41.5 Å². The molecule has 16 aromatic rings. The van der Waals surface area contributed by atoms with Gasteiger partial charge < -0.3 is 19.6 Å². The molecule has 6 heteroatoms. The number of nitrogens with zero attached hydrogens (tertiary/aromatic N) is 4. The predicted molar refractivity (Wildman–Crippen MR) is 434 cm³/mol. The summed E-state index contributed by atoms with van der Waals surface area (Å²) in [6, 6.07) is 122. The van der Waals surface area contributed by atoms with Gasteiger partial charge in [0.2, 0.25) is 0 Å². The van der Waals surface area contributed by atoms with E-state index in [-0.39, 0.29) is 0 Å². The highest BCUT2D eigenvalue weighted by Gasteiger charge is 2.30. The van der Waals surface area contributed by atoms with Gasteiger partial charge in [0.1, 0.15) is 0 Å². The molecule has 0 N–H and O–H groups in total. The van der Waals surface area contributed by atoms with Crippen molar-refractivity contribution >= 4 is 132 Å². The minimum absolute atomic E-state index is 1.01. The third-order valence-corrected chi connectivity index (χ3v) is 20.6. The lowest BCUT2D eigenvalue weighted by Gasteiger charge is -2.34. The van der Waals surface area contributed by atoms with E-state index < -0.39 is 0 Å². The number of aryl methyl sites for hydroxylation is 6. The van der Waals surface area contributed by atoms with Crippen molar-refractivity contribution in [1.82, 2.24) is 0 Å². The maximum Gasteiger partial charge on any atom is 0.0561 e. The maximum atomic E-state index is 3.84. The lowest BCUT2D eigenvalue weighted by Crippen LogP contribution is -2.16. The van der Waals surface area contributed by atoms with Gasteiger partial charge in [-0.3, -0.25) is 0 Å². The van der Waals surface area contributed by atoms with E-state index in [4.69, 9.17) is 0 Å². The van der Waals surface area contributed by atoms with Crippen LogP contribution in [-0.2, 0) is 0 Å². The first kappa shape index (κ1) is 63.5. The summed E-state index contributed by atoms with van der Waals surface area (Å²) < 4.78 is 2.02. The second-order valence-corrected chi connectivity index (χ2v) is 28.3. The van der Waals surface area contributed by atoms with Crippen LogP contribution in [0.1, 0.15) is 33.4 Å². The topological polar surface area (TPSA) is 13.0 Å². The van der Waals surface area contributed by atoms with Crippen LogP contribution in [0.25, 0.3) is 76.8 Å². The molecule has 0 aromatic heterocycles. The Morgan fingerprint density at radius 3 is 0.490 bits per heavy atom. The van der Waals surface area contributed by atoms with E-state index >= 15 is 0 Å². The Morgan fingerprint density at radius 1 is 0.170 bits per heavy atom. The third kappa shape index (κ3) is 12.4. The van der Waals surface area contributed by atoms with Gasteiger partial charge in [-0.15, -0.1) is 0 Å². The van der Waals surface area contributed by atoms with Crippen LogP contribution < -0.4 is 19.6 Å². The van der Waals surface area contributed by atoms with Crippen LogP contribution in [0.4, 0.5) is 68.2 Å². The van der Waals surface area contributed by atoms with E-state index in [0.29, 0.717) is 0 Å². The SMILES string of the molecule is Cc1ccc(-c2ccc(N(c3ccc(-c4ccc(C)cc4)cc3)c3cc(N(c4ccc(C)cc4)c4ccc(Br)cc4)c4ccc5c(N(c6ccc(-c7ccc(C)cc7)cc6)c6ccc(-c7ccc(C)cc7)cc6)cc(N(c6ccc(C)cc6)c6ccc(Br)cc6)c6ccc3c4c65)cc2)cc1. The number of hydrogen-bond donors (Lipinski definition) is 0. The van der Waals surface area contributed by atoms with Crippen LogP contribution in [0.2, 0.25) is 0 Å². The minimum atomic E-state index is 1.01. The first-order valence-corrected chi connectivity index (χ1v) is 35.7. The molecular weight excluding hydrogens is 1340 g/mol. The molecule has 16 rings (SSSR count). The van der Waals surface area contributed by atoms with Crippen LogP contribution in [0.15, 0.2) is 337 Å². The van der Waals surface area contributed by atoms with Crippen molar-refractivity contribution in [2.45, 2.75) is 41.5 Å². The highest BCUT2D eigenvalue weighted by Crippen LogP contribution is 2.56. The summed E-state index contributed by atoms with van der Waals surface area (Å²) in [5.74, 6) is 0. The van der Waals surface area contributed by atoms with Crippen LogP contribution >= 0.6 is 31.9 Å². The molecule has 0 aliphatic carbocycles. The largest absolute Gasteiger partial charge is 0.310 e. The Morgan fingerprint density at radius 2 is 0.310 bits per heavy atom. The average Bonchev–Trinajstić information content (AvgIpc) is 0.701. The van der Waals surface area contributed by atoms with Crippen molar-refractivity contribution in [2.75, 3.05) is 19.6 Å². The predicted octanol–water partition coefficient (Wildman–Crippen LogP) is 28.5. The summed E-state index contributed by atoms with van der Waals surface area (Å²) in [7, 11) is 0. The fourth-order valence-electron chi connectivity index (χ4n) is 14.1. The number of benzene rings is 16. The zero-order valence-corrected chi connectivity index (χ0v) is 59.9. The zero-order chi connectivity index (χ0) is 68.1. The monoisotopic (exact) mass is 1410 g/mol. The Kier molecular flexibility index (Phi) is 17.0. The van der Waals surface area contributed by atoms with E-state index in [1.807, 2.05) is 0 Å². The van der Waals surface area contributed by atoms with Crippen molar-refractivity contribution in [2.24, 2.45) is 0 Å². The molecule has 0 bridgehead atoms. The van der Waals surface area contributed by atoms with Crippen LogP contribution in [-0.4, -0.2) is 0 Å². The lowest BCUT2D eigenvalue weighted by atomic mass is 9.89. The molecule has 16 aromatic carbocycles. The number of rotatable bonds is 16. The van der Waals surface area contributed by atoms with Gasteiger partial charge in [0.15, 0.2) is 0 Å². The van der Waals surface area contributed by atoms with E-state index in [2.05, 4.69) is 421 Å². The van der Waals surface area contributed by atoms with Crippen LogP contribution in [0.3, 0.4) is 0 Å². The molecular formula is C94H72Br2N4. The molecule has 0 radical (unpaired) electrons. The highest BCUT2D eigenvalue weighted by atomic mass is 79.9. The van der Waals surface area contributed by atoms with Gasteiger partial charge in [-0.25, -0.2) is 0 Å². The van der Waals surface area contributed by atoms with Gasteiger partial charge in [0, 0.05) is 86.8 Å². The van der Waals surface area contributed by atoms with E-state index in [9.17, 15) is 0 Å². The summed E-state index contributed by atoms with van der Waals surface area (Å²) in [6.07, 6.45) is 0. The smallest absolute Gasteiger partial charge is 0.0561 e. The highest BCUT2D eigenvalue weighted by molar-refractivity contribution is 9.10. The zero-order valence-electron chi connectivity index (χ0n) is 56.7. The molecule has 4 nitrogen and oxygen atoms in total. The molecule has 0 aliphatic heterocycles. The molecule has 0 heterocycles. The molecule has 100 heavy (non-hydrogen) atoms. The lowest BCUT2D eigenvalue weighted by molar-refractivity contribution is 1.26. The van der Waals surface area contributed by atoms with Crippen molar-refractivity contribution < 1.29 is 0 Å². The van der Waals surface area contributed by atoms with Gasteiger partial charge >= 0.3 is 0 Å². The number of anilines is 12. The maximum absolute atomic E-state index is 3.84. The number of hydrogen-bond acceptors (Lipinski definition) is 4. The summed E-state index contributed by atoms with van der Waals surface area (Å²) in [4.78, 5) is 9.89. The summed E-state index contributed by atoms with van der Waals surface area (Å²) in [5.41, 5.74) is 29.0. The van der Waals surface area contributed by atoms with Gasteiger partial charge in [-0.1, -0.05) is 259 Å². The van der Waals surface area contributed by atoms with Gasteiger partial charge in [-0.05, 0) is 220 Å². The average molecular weight is 1420 g/mol. The molecule has 0 saturated heterocycles. The first-order chi connectivity index (χ1) is 48.8. The molecule has 0 fully saturated rings. The second kappa shape index (κ2) is 26.9. The normalized spacial score (nSPS) is 11.4. The van der Waals surface area contributed by atoms with Crippen molar-refractivity contribution in [3.63, 3.8) is 0 Å². The van der Waals surface area contributed by atoms with E-state index in [1.54, 1.807) is 0 Å². The van der Waals surface area contributed by atoms with Crippen molar-refractivity contribution in [3.8, 4) is 44.5 Å². The van der Waals surface area contributed by atoms with Crippen molar-refractivity contribution in [3.05, 3.63) is 370 Å². The second-order valence-electron chi connectivity index (χ2n) is 26.5.